The van der Waals surface area contributed by atoms with Crippen LogP contribution < -0.4 is 0 Å². The third kappa shape index (κ3) is 3.18. The Bertz CT molecular complexity index is 442. The van der Waals surface area contributed by atoms with E-state index in [2.05, 4.69) is 26.9 Å². The molecule has 1 aromatic heterocycles. The molecule has 0 aliphatic carbocycles. The van der Waals surface area contributed by atoms with Crippen LogP contribution in [0.5, 0.6) is 0 Å². The lowest BCUT2D eigenvalue weighted by atomic mass is 9.96. The summed E-state index contributed by atoms with van der Waals surface area (Å²) in [6.45, 7) is 4.90. The predicted octanol–water partition coefficient (Wildman–Crippen LogP) is 1.92. The van der Waals surface area contributed by atoms with E-state index in [0.717, 1.165) is 45.6 Å². The molecule has 2 aliphatic heterocycles. The summed E-state index contributed by atoms with van der Waals surface area (Å²) in [4.78, 5) is 21.0. The first kappa shape index (κ1) is 13.6. The number of carbonyl (C=O) groups excluding carboxylic acids is 1. The van der Waals surface area contributed by atoms with Crippen molar-refractivity contribution in [1.82, 2.24) is 14.8 Å². The summed E-state index contributed by atoms with van der Waals surface area (Å²) in [6.07, 6.45) is 8.23. The highest BCUT2D eigenvalue weighted by Crippen LogP contribution is 2.22. The molecule has 0 spiro atoms. The SMILES string of the molecule is O=C(C1CCCN(Cc2ccncc2)C1)N1CCCC1. The Balaban J connectivity index is 1.57. The predicted molar refractivity (Wildman–Crippen MR) is 78.1 cm³/mol. The average Bonchev–Trinajstić information content (AvgIpc) is 3.02. The fourth-order valence-electron chi connectivity index (χ4n) is 3.34. The number of hydrogen-bond acceptors (Lipinski definition) is 3. The van der Waals surface area contributed by atoms with Crippen LogP contribution in [0.2, 0.25) is 0 Å². The van der Waals surface area contributed by atoms with E-state index in [-0.39, 0.29) is 5.92 Å². The fourth-order valence-corrected chi connectivity index (χ4v) is 3.34. The molecule has 2 saturated heterocycles. The van der Waals surface area contributed by atoms with Crippen LogP contribution in [0.3, 0.4) is 0 Å². The highest BCUT2D eigenvalue weighted by Gasteiger charge is 2.30. The van der Waals surface area contributed by atoms with Crippen molar-refractivity contribution in [3.05, 3.63) is 30.1 Å². The second-order valence-electron chi connectivity index (χ2n) is 5.96. The van der Waals surface area contributed by atoms with Crippen molar-refractivity contribution in [2.24, 2.45) is 5.92 Å². The van der Waals surface area contributed by atoms with Gasteiger partial charge in [-0.2, -0.15) is 0 Å². The highest BCUT2D eigenvalue weighted by molar-refractivity contribution is 5.79. The molecule has 0 saturated carbocycles. The molecule has 1 atom stereocenters. The van der Waals surface area contributed by atoms with E-state index in [1.807, 2.05) is 12.4 Å². The summed E-state index contributed by atoms with van der Waals surface area (Å²) in [7, 11) is 0. The molecular formula is C16H23N3O. The topological polar surface area (TPSA) is 36.4 Å². The fraction of sp³-hybridized carbons (Fsp3) is 0.625. The molecule has 3 rings (SSSR count). The molecule has 3 heterocycles. The van der Waals surface area contributed by atoms with Crippen molar-refractivity contribution in [2.45, 2.75) is 32.2 Å². The molecule has 4 nitrogen and oxygen atoms in total. The van der Waals surface area contributed by atoms with E-state index in [0.29, 0.717) is 5.91 Å². The van der Waals surface area contributed by atoms with Gasteiger partial charge in [0.1, 0.15) is 0 Å². The molecule has 0 bridgehead atoms. The largest absolute Gasteiger partial charge is 0.342 e. The van der Waals surface area contributed by atoms with Crippen LogP contribution in [0.25, 0.3) is 0 Å². The normalized spacial score (nSPS) is 24.0. The van der Waals surface area contributed by atoms with Crippen LogP contribution in [0.15, 0.2) is 24.5 Å². The molecule has 1 amide bonds. The van der Waals surface area contributed by atoms with Crippen LogP contribution in [0.4, 0.5) is 0 Å². The van der Waals surface area contributed by atoms with Crippen LogP contribution >= 0.6 is 0 Å². The van der Waals surface area contributed by atoms with Gasteiger partial charge in [0, 0.05) is 38.6 Å². The minimum atomic E-state index is 0.212. The van der Waals surface area contributed by atoms with Gasteiger partial charge in [0.25, 0.3) is 0 Å². The molecule has 0 N–H and O–H groups in total. The van der Waals surface area contributed by atoms with E-state index >= 15 is 0 Å². The molecule has 0 aromatic carbocycles. The Morgan fingerprint density at radius 3 is 2.65 bits per heavy atom. The second kappa shape index (κ2) is 6.35. The summed E-state index contributed by atoms with van der Waals surface area (Å²) in [5, 5.41) is 0. The van der Waals surface area contributed by atoms with Crippen LogP contribution in [-0.4, -0.2) is 46.9 Å². The van der Waals surface area contributed by atoms with E-state index in [1.165, 1.54) is 18.4 Å². The number of rotatable bonds is 3. The van der Waals surface area contributed by atoms with Gasteiger partial charge in [-0.1, -0.05) is 0 Å². The van der Waals surface area contributed by atoms with Crippen molar-refractivity contribution in [3.63, 3.8) is 0 Å². The first-order chi connectivity index (χ1) is 9.83. The molecule has 108 valence electrons. The maximum atomic E-state index is 12.5. The number of likely N-dealkylation sites (tertiary alicyclic amines) is 2. The van der Waals surface area contributed by atoms with Gasteiger partial charge in [-0.05, 0) is 49.9 Å². The van der Waals surface area contributed by atoms with Crippen molar-refractivity contribution in [2.75, 3.05) is 26.2 Å². The number of aromatic nitrogens is 1. The number of amides is 1. The van der Waals surface area contributed by atoms with Crippen molar-refractivity contribution >= 4 is 5.91 Å². The minimum Gasteiger partial charge on any atom is -0.342 e. The van der Waals surface area contributed by atoms with Gasteiger partial charge in [-0.3, -0.25) is 14.7 Å². The van der Waals surface area contributed by atoms with Gasteiger partial charge < -0.3 is 4.90 Å². The summed E-state index contributed by atoms with van der Waals surface area (Å²) < 4.78 is 0. The summed E-state index contributed by atoms with van der Waals surface area (Å²) in [6, 6.07) is 4.12. The van der Waals surface area contributed by atoms with Gasteiger partial charge in [-0.25, -0.2) is 0 Å². The number of piperidine rings is 1. The van der Waals surface area contributed by atoms with E-state index < -0.39 is 0 Å². The lowest BCUT2D eigenvalue weighted by Gasteiger charge is -2.33. The zero-order chi connectivity index (χ0) is 13.8. The van der Waals surface area contributed by atoms with Crippen LogP contribution in [0.1, 0.15) is 31.2 Å². The lowest BCUT2D eigenvalue weighted by molar-refractivity contribution is -0.136. The third-order valence-electron chi connectivity index (χ3n) is 4.43. The zero-order valence-electron chi connectivity index (χ0n) is 12.0. The standard InChI is InChI=1S/C16H23N3O/c20-16(19-10-1-2-11-19)15-4-3-9-18(13-15)12-14-5-7-17-8-6-14/h5-8,15H,1-4,9-13H2. The Labute approximate surface area is 120 Å². The van der Waals surface area contributed by atoms with E-state index in [9.17, 15) is 4.79 Å². The molecular weight excluding hydrogens is 250 g/mol. The maximum absolute atomic E-state index is 12.5. The number of carbonyl (C=O) groups is 1. The quantitative estimate of drug-likeness (QED) is 0.844. The summed E-state index contributed by atoms with van der Waals surface area (Å²) in [5.41, 5.74) is 1.29. The van der Waals surface area contributed by atoms with Gasteiger partial charge >= 0.3 is 0 Å². The van der Waals surface area contributed by atoms with Gasteiger partial charge in [0.15, 0.2) is 0 Å². The molecule has 0 radical (unpaired) electrons. The number of nitrogens with zero attached hydrogens (tertiary/aromatic N) is 3. The molecule has 20 heavy (non-hydrogen) atoms. The van der Waals surface area contributed by atoms with Gasteiger partial charge in [0.05, 0.1) is 5.92 Å². The highest BCUT2D eigenvalue weighted by atomic mass is 16.2. The Morgan fingerprint density at radius 2 is 1.90 bits per heavy atom. The van der Waals surface area contributed by atoms with Crippen molar-refractivity contribution in [3.8, 4) is 0 Å². The maximum Gasteiger partial charge on any atom is 0.226 e. The van der Waals surface area contributed by atoms with Crippen molar-refractivity contribution in [1.29, 1.82) is 0 Å². The Hall–Kier alpha value is -1.42. The molecule has 1 unspecified atom stereocenters. The van der Waals surface area contributed by atoms with Crippen molar-refractivity contribution < 1.29 is 4.79 Å². The smallest absolute Gasteiger partial charge is 0.226 e. The molecule has 2 fully saturated rings. The van der Waals surface area contributed by atoms with Crippen LogP contribution in [-0.2, 0) is 11.3 Å². The first-order valence-corrected chi connectivity index (χ1v) is 7.73. The van der Waals surface area contributed by atoms with E-state index in [4.69, 9.17) is 0 Å². The molecule has 2 aliphatic rings. The number of pyridine rings is 1. The zero-order valence-corrected chi connectivity index (χ0v) is 12.0. The molecule has 1 aromatic rings. The Kier molecular flexibility index (Phi) is 4.31. The average molecular weight is 273 g/mol. The number of hydrogen-bond donors (Lipinski definition) is 0. The third-order valence-corrected chi connectivity index (χ3v) is 4.43. The summed E-state index contributed by atoms with van der Waals surface area (Å²) >= 11 is 0. The van der Waals surface area contributed by atoms with Crippen LogP contribution in [0, 0.1) is 5.92 Å². The lowest BCUT2D eigenvalue weighted by Crippen LogP contribution is -2.43. The first-order valence-electron chi connectivity index (χ1n) is 7.73. The molecule has 4 heteroatoms. The Morgan fingerprint density at radius 1 is 1.15 bits per heavy atom. The van der Waals surface area contributed by atoms with E-state index in [1.54, 1.807) is 0 Å². The second-order valence-corrected chi connectivity index (χ2v) is 5.96. The minimum absolute atomic E-state index is 0.212. The summed E-state index contributed by atoms with van der Waals surface area (Å²) in [5.74, 6) is 0.602. The monoisotopic (exact) mass is 273 g/mol. The van der Waals surface area contributed by atoms with Gasteiger partial charge in [-0.15, -0.1) is 0 Å². The van der Waals surface area contributed by atoms with Gasteiger partial charge in [0.2, 0.25) is 5.91 Å².